The fourth-order valence-corrected chi connectivity index (χ4v) is 4.66. The molecule has 2 fully saturated rings. The third kappa shape index (κ3) is 4.57. The third-order valence-corrected chi connectivity index (χ3v) is 6.54. The number of nitrogens with one attached hydrogen (secondary N) is 1. The summed E-state index contributed by atoms with van der Waals surface area (Å²) in [7, 11) is 0. The van der Waals surface area contributed by atoms with Crippen LogP contribution in [0.4, 0.5) is 0 Å². The van der Waals surface area contributed by atoms with Gasteiger partial charge in [-0.1, -0.05) is 26.0 Å². The summed E-state index contributed by atoms with van der Waals surface area (Å²) in [6, 6.07) is 1.56. The van der Waals surface area contributed by atoms with Crippen molar-refractivity contribution in [3.8, 4) is 5.88 Å². The van der Waals surface area contributed by atoms with Crippen LogP contribution < -0.4 is 5.32 Å². The van der Waals surface area contributed by atoms with Crippen molar-refractivity contribution in [1.82, 2.24) is 39.8 Å². The molecule has 2 aliphatic rings. The molecule has 3 aromatic rings. The maximum atomic E-state index is 13.8. The van der Waals surface area contributed by atoms with Crippen LogP contribution in [0.1, 0.15) is 63.4 Å². The highest BCUT2D eigenvalue weighted by Gasteiger charge is 2.45. The molecule has 12 nitrogen and oxygen atoms in total. The summed E-state index contributed by atoms with van der Waals surface area (Å²) in [4.78, 5) is 32.7. The molecule has 35 heavy (non-hydrogen) atoms. The van der Waals surface area contributed by atoms with Crippen LogP contribution in [0.15, 0.2) is 24.5 Å². The van der Waals surface area contributed by atoms with E-state index in [0.717, 1.165) is 18.5 Å². The summed E-state index contributed by atoms with van der Waals surface area (Å²) in [5, 5.41) is 35.7. The van der Waals surface area contributed by atoms with E-state index in [4.69, 9.17) is 0 Å². The zero-order chi connectivity index (χ0) is 24.9. The number of carbonyl (C=O) groups is 2. The Morgan fingerprint density at radius 2 is 2.06 bits per heavy atom. The monoisotopic (exact) mass is 482 g/mol. The third-order valence-electron chi connectivity index (χ3n) is 6.54. The van der Waals surface area contributed by atoms with Gasteiger partial charge < -0.3 is 20.4 Å². The first-order valence-electron chi connectivity index (χ1n) is 11.8. The molecule has 1 aliphatic heterocycles. The van der Waals surface area contributed by atoms with Crippen LogP contribution in [0.2, 0.25) is 0 Å². The maximum Gasteiger partial charge on any atom is 0.248 e. The number of likely N-dealkylation sites (tertiary alicyclic amines) is 1. The average molecular weight is 483 g/mol. The van der Waals surface area contributed by atoms with E-state index in [1.165, 1.54) is 21.7 Å². The minimum atomic E-state index is -0.832. The SMILES string of the molecule is CC(C)(C)[C@@H](C(=O)N1C[C@H](O)C[C@H]1C(=O)NCc1cc(O)n2nccc2n1)n1cc(C2CC2)nn1. The van der Waals surface area contributed by atoms with Gasteiger partial charge >= 0.3 is 0 Å². The van der Waals surface area contributed by atoms with Gasteiger partial charge in [-0.2, -0.15) is 9.61 Å². The quantitative estimate of drug-likeness (QED) is 0.466. The van der Waals surface area contributed by atoms with Gasteiger partial charge in [-0.05, 0) is 18.3 Å². The smallest absolute Gasteiger partial charge is 0.248 e. The Labute approximate surface area is 201 Å². The number of hydrogen-bond donors (Lipinski definition) is 3. The number of amides is 2. The Morgan fingerprint density at radius 3 is 2.77 bits per heavy atom. The number of aromatic hydroxyl groups is 1. The fourth-order valence-electron chi connectivity index (χ4n) is 4.66. The topological polar surface area (TPSA) is 151 Å². The van der Waals surface area contributed by atoms with E-state index in [1.54, 1.807) is 10.7 Å². The van der Waals surface area contributed by atoms with Crippen LogP contribution in [-0.4, -0.2) is 75.2 Å². The molecular formula is C23H30N8O4. The molecule has 0 unspecified atom stereocenters. The van der Waals surface area contributed by atoms with Crippen LogP contribution in [0, 0.1) is 5.41 Å². The van der Waals surface area contributed by atoms with Crippen molar-refractivity contribution in [2.75, 3.05) is 6.54 Å². The molecule has 4 heterocycles. The molecule has 3 N–H and O–H groups in total. The molecule has 186 valence electrons. The first-order chi connectivity index (χ1) is 16.6. The van der Waals surface area contributed by atoms with E-state index in [2.05, 4.69) is 25.7 Å². The Kier molecular flexibility index (Phi) is 5.70. The molecule has 5 rings (SSSR count). The number of aromatic nitrogens is 6. The van der Waals surface area contributed by atoms with E-state index in [1.807, 2.05) is 27.0 Å². The summed E-state index contributed by atoms with van der Waals surface area (Å²) in [6.45, 7) is 5.95. The zero-order valence-electron chi connectivity index (χ0n) is 20.0. The van der Waals surface area contributed by atoms with E-state index in [9.17, 15) is 19.8 Å². The van der Waals surface area contributed by atoms with Gasteiger partial charge in [0.15, 0.2) is 5.65 Å². The second-order valence-corrected chi connectivity index (χ2v) is 10.5. The van der Waals surface area contributed by atoms with Crippen molar-refractivity contribution in [3.05, 3.63) is 35.9 Å². The second kappa shape index (κ2) is 8.59. The van der Waals surface area contributed by atoms with Crippen LogP contribution in [0.3, 0.4) is 0 Å². The summed E-state index contributed by atoms with van der Waals surface area (Å²) in [5.74, 6) is -0.363. The lowest BCUT2D eigenvalue weighted by atomic mass is 9.85. The molecule has 0 bridgehead atoms. The Bertz CT molecular complexity index is 1260. The van der Waals surface area contributed by atoms with Crippen molar-refractivity contribution in [2.45, 2.75) is 70.7 Å². The van der Waals surface area contributed by atoms with Crippen molar-refractivity contribution < 1.29 is 19.8 Å². The molecule has 1 saturated heterocycles. The number of nitrogens with zero attached hydrogens (tertiary/aromatic N) is 7. The fraction of sp³-hybridized carbons (Fsp3) is 0.565. The number of hydrogen-bond acceptors (Lipinski definition) is 8. The van der Waals surface area contributed by atoms with Crippen molar-refractivity contribution in [3.63, 3.8) is 0 Å². The van der Waals surface area contributed by atoms with Crippen LogP contribution in [0.5, 0.6) is 5.88 Å². The molecule has 2 amide bonds. The van der Waals surface area contributed by atoms with Gasteiger partial charge in [-0.3, -0.25) is 9.59 Å². The minimum absolute atomic E-state index is 0.0548. The van der Waals surface area contributed by atoms with Crippen LogP contribution >= 0.6 is 0 Å². The van der Waals surface area contributed by atoms with Gasteiger partial charge in [-0.25, -0.2) is 9.67 Å². The number of carbonyl (C=O) groups excluding carboxylic acids is 2. The van der Waals surface area contributed by atoms with Crippen LogP contribution in [0.25, 0.3) is 5.65 Å². The molecule has 0 radical (unpaired) electrons. The molecule has 1 saturated carbocycles. The number of β-amino-alcohol motifs (C(OH)–C–C–N with tert-alkyl or cyclic N) is 1. The van der Waals surface area contributed by atoms with Crippen molar-refractivity contribution in [1.29, 1.82) is 0 Å². The first-order valence-corrected chi connectivity index (χ1v) is 11.8. The highest BCUT2D eigenvalue weighted by molar-refractivity contribution is 5.90. The van der Waals surface area contributed by atoms with E-state index < -0.39 is 29.5 Å². The molecule has 0 spiro atoms. The Balaban J connectivity index is 1.33. The Hall–Kier alpha value is -3.54. The summed E-state index contributed by atoms with van der Waals surface area (Å²) in [6.07, 6.45) is 4.83. The molecule has 12 heteroatoms. The molecule has 0 aromatic carbocycles. The highest BCUT2D eigenvalue weighted by Crippen LogP contribution is 2.40. The highest BCUT2D eigenvalue weighted by atomic mass is 16.3. The lowest BCUT2D eigenvalue weighted by Gasteiger charge is -2.34. The number of aliphatic hydroxyl groups excluding tert-OH is 1. The van der Waals surface area contributed by atoms with E-state index >= 15 is 0 Å². The molecule has 3 aromatic heterocycles. The molecule has 1 aliphatic carbocycles. The number of fused-ring (bicyclic) bond motifs is 1. The summed E-state index contributed by atoms with van der Waals surface area (Å²) < 4.78 is 2.88. The average Bonchev–Trinajstić information content (AvgIpc) is 3.17. The number of aliphatic hydroxyl groups is 1. The minimum Gasteiger partial charge on any atom is -0.493 e. The van der Waals surface area contributed by atoms with Crippen LogP contribution in [-0.2, 0) is 16.1 Å². The van der Waals surface area contributed by atoms with Gasteiger partial charge in [0.05, 0.1) is 30.2 Å². The van der Waals surface area contributed by atoms with Crippen molar-refractivity contribution >= 4 is 17.5 Å². The molecular weight excluding hydrogens is 452 g/mol. The number of rotatable bonds is 6. The summed E-state index contributed by atoms with van der Waals surface area (Å²) >= 11 is 0. The molecule has 3 atom stereocenters. The van der Waals surface area contributed by atoms with Gasteiger partial charge in [0.1, 0.15) is 12.1 Å². The van der Waals surface area contributed by atoms with E-state index in [-0.39, 0.29) is 31.3 Å². The normalized spacial score (nSPS) is 21.4. The second-order valence-electron chi connectivity index (χ2n) is 10.5. The predicted octanol–water partition coefficient (Wildman–Crippen LogP) is 0.769. The standard InChI is InChI=1S/C23H30N8O4/c1-23(2,3)20(30-12-16(27-28-30)13-4-5-13)22(35)29-11-15(32)9-17(29)21(34)24-10-14-8-19(33)31-18(26-14)6-7-25-31/h6-8,12-13,15,17,20,32-33H,4-5,9-11H2,1-3H3,(H,24,34)/t15-,17+,20-/m1/s1. The van der Waals surface area contributed by atoms with Gasteiger partial charge in [-0.15, -0.1) is 5.10 Å². The van der Waals surface area contributed by atoms with Gasteiger partial charge in [0, 0.05) is 37.2 Å². The van der Waals surface area contributed by atoms with Crippen molar-refractivity contribution in [2.24, 2.45) is 5.41 Å². The van der Waals surface area contributed by atoms with E-state index in [0.29, 0.717) is 17.3 Å². The lowest BCUT2D eigenvalue weighted by molar-refractivity contribution is -0.144. The van der Waals surface area contributed by atoms with Gasteiger partial charge in [0.2, 0.25) is 17.7 Å². The first kappa shape index (κ1) is 23.2. The van der Waals surface area contributed by atoms with Gasteiger partial charge in [0.25, 0.3) is 0 Å². The largest absolute Gasteiger partial charge is 0.493 e. The zero-order valence-corrected chi connectivity index (χ0v) is 20.0. The Morgan fingerprint density at radius 1 is 1.29 bits per heavy atom. The maximum absolute atomic E-state index is 13.8. The summed E-state index contributed by atoms with van der Waals surface area (Å²) in [5.41, 5.74) is 1.29. The lowest BCUT2D eigenvalue weighted by Crippen LogP contribution is -2.50. The predicted molar refractivity (Wildman–Crippen MR) is 123 cm³/mol.